The Balaban J connectivity index is 3.31. The molecule has 0 bridgehead atoms. The van der Waals surface area contributed by atoms with Crippen LogP contribution in [0, 0.1) is 0 Å². The van der Waals surface area contributed by atoms with Crippen LogP contribution in [-0.2, 0) is 9.47 Å². The zero-order valence-corrected chi connectivity index (χ0v) is 12.0. The highest BCUT2D eigenvalue weighted by Gasteiger charge is 2.22. The molecule has 0 amide bonds. The van der Waals surface area contributed by atoms with Gasteiger partial charge in [0.05, 0.1) is 20.8 Å². The standard InChI is InChI=1S/C14H18O6/c1-5-20-14(16)13-11(18-3)6-9(7-12(13)19-4)10(15)8-17-2/h6-7H,5,8H2,1-4H3. The molecule has 0 N–H and O–H groups in total. The Morgan fingerprint density at radius 1 is 1.05 bits per heavy atom. The molecule has 6 heteroatoms. The lowest BCUT2D eigenvalue weighted by molar-refractivity contribution is 0.0518. The average Bonchev–Trinajstić information content (AvgIpc) is 2.46. The van der Waals surface area contributed by atoms with Crippen molar-refractivity contribution in [3.63, 3.8) is 0 Å². The molecule has 1 rings (SSSR count). The van der Waals surface area contributed by atoms with Gasteiger partial charge in [-0.25, -0.2) is 4.79 Å². The zero-order chi connectivity index (χ0) is 15.1. The number of benzene rings is 1. The van der Waals surface area contributed by atoms with Gasteiger partial charge < -0.3 is 18.9 Å². The lowest BCUT2D eigenvalue weighted by Gasteiger charge is -2.14. The Labute approximate surface area is 117 Å². The maximum absolute atomic E-state index is 11.9. The third-order valence-corrected chi connectivity index (χ3v) is 2.58. The summed E-state index contributed by atoms with van der Waals surface area (Å²) in [5, 5.41) is 0. The second kappa shape index (κ2) is 7.49. The number of hydrogen-bond donors (Lipinski definition) is 0. The minimum Gasteiger partial charge on any atom is -0.496 e. The Bertz CT molecular complexity index is 469. The van der Waals surface area contributed by atoms with Crippen molar-refractivity contribution in [1.29, 1.82) is 0 Å². The minimum absolute atomic E-state index is 0.0644. The highest BCUT2D eigenvalue weighted by Crippen LogP contribution is 2.31. The van der Waals surface area contributed by atoms with E-state index < -0.39 is 5.97 Å². The summed E-state index contributed by atoms with van der Waals surface area (Å²) in [4.78, 5) is 23.8. The normalized spacial score (nSPS) is 10.0. The molecule has 0 aromatic heterocycles. The average molecular weight is 282 g/mol. The largest absolute Gasteiger partial charge is 0.496 e. The molecule has 1 aromatic carbocycles. The van der Waals surface area contributed by atoms with Crippen LogP contribution < -0.4 is 9.47 Å². The van der Waals surface area contributed by atoms with Crippen LogP contribution in [0.25, 0.3) is 0 Å². The first-order valence-electron chi connectivity index (χ1n) is 6.04. The Hall–Kier alpha value is -2.08. The first-order chi connectivity index (χ1) is 9.58. The molecule has 0 radical (unpaired) electrons. The van der Waals surface area contributed by atoms with Crippen molar-refractivity contribution in [2.45, 2.75) is 6.92 Å². The third-order valence-electron chi connectivity index (χ3n) is 2.58. The first kappa shape index (κ1) is 16.0. The fourth-order valence-electron chi connectivity index (χ4n) is 1.69. The molecule has 0 aliphatic rings. The van der Waals surface area contributed by atoms with Crippen molar-refractivity contribution in [1.82, 2.24) is 0 Å². The lowest BCUT2D eigenvalue weighted by atomic mass is 10.1. The van der Waals surface area contributed by atoms with Crippen molar-refractivity contribution < 1.29 is 28.5 Å². The van der Waals surface area contributed by atoms with E-state index in [2.05, 4.69) is 0 Å². The molecule has 0 heterocycles. The van der Waals surface area contributed by atoms with E-state index in [-0.39, 0.29) is 36.1 Å². The van der Waals surface area contributed by atoms with Gasteiger partial charge in [0.15, 0.2) is 5.78 Å². The summed E-state index contributed by atoms with van der Waals surface area (Å²) >= 11 is 0. The summed E-state index contributed by atoms with van der Waals surface area (Å²) in [6.07, 6.45) is 0. The second-order valence-corrected chi connectivity index (χ2v) is 3.83. The molecule has 20 heavy (non-hydrogen) atoms. The summed E-state index contributed by atoms with van der Waals surface area (Å²) in [5.74, 6) is -0.351. The fraction of sp³-hybridized carbons (Fsp3) is 0.429. The summed E-state index contributed by atoms with van der Waals surface area (Å²) in [7, 11) is 4.24. The van der Waals surface area contributed by atoms with E-state index in [4.69, 9.17) is 18.9 Å². The van der Waals surface area contributed by atoms with Crippen molar-refractivity contribution in [2.75, 3.05) is 34.5 Å². The van der Waals surface area contributed by atoms with Crippen LogP contribution in [0.1, 0.15) is 27.6 Å². The number of methoxy groups -OCH3 is 3. The monoisotopic (exact) mass is 282 g/mol. The zero-order valence-electron chi connectivity index (χ0n) is 12.0. The molecule has 1 aromatic rings. The number of carbonyl (C=O) groups excluding carboxylic acids is 2. The lowest BCUT2D eigenvalue weighted by Crippen LogP contribution is -2.12. The molecular weight excluding hydrogens is 264 g/mol. The van der Waals surface area contributed by atoms with Gasteiger partial charge in [-0.05, 0) is 19.1 Å². The number of ether oxygens (including phenoxy) is 4. The molecule has 0 spiro atoms. The SMILES string of the molecule is CCOC(=O)c1c(OC)cc(C(=O)COC)cc1OC. The second-order valence-electron chi connectivity index (χ2n) is 3.83. The van der Waals surface area contributed by atoms with E-state index in [0.717, 1.165) is 0 Å². The van der Waals surface area contributed by atoms with Crippen LogP contribution in [0.5, 0.6) is 11.5 Å². The summed E-state index contributed by atoms with van der Waals surface area (Å²) in [5.41, 5.74) is 0.499. The molecule has 0 saturated heterocycles. The van der Waals surface area contributed by atoms with Gasteiger partial charge in [-0.3, -0.25) is 4.79 Å². The molecule has 0 atom stereocenters. The van der Waals surface area contributed by atoms with Gasteiger partial charge in [-0.15, -0.1) is 0 Å². The van der Waals surface area contributed by atoms with Crippen LogP contribution in [0.4, 0.5) is 0 Å². The van der Waals surface area contributed by atoms with E-state index in [9.17, 15) is 9.59 Å². The van der Waals surface area contributed by atoms with E-state index in [1.54, 1.807) is 6.92 Å². The topological polar surface area (TPSA) is 71.1 Å². The smallest absolute Gasteiger partial charge is 0.345 e. The predicted molar refractivity (Wildman–Crippen MR) is 71.7 cm³/mol. The Kier molecular flexibility index (Phi) is 5.99. The molecular formula is C14H18O6. The predicted octanol–water partition coefficient (Wildman–Crippen LogP) is 1.71. The molecule has 0 aliphatic heterocycles. The van der Waals surface area contributed by atoms with Crippen LogP contribution in [0.2, 0.25) is 0 Å². The quantitative estimate of drug-likeness (QED) is 0.560. The number of rotatable bonds is 7. The maximum Gasteiger partial charge on any atom is 0.345 e. The highest BCUT2D eigenvalue weighted by atomic mass is 16.5. The van der Waals surface area contributed by atoms with Crippen LogP contribution in [0.3, 0.4) is 0 Å². The fourth-order valence-corrected chi connectivity index (χ4v) is 1.69. The number of carbonyl (C=O) groups is 2. The number of esters is 1. The Morgan fingerprint density at radius 2 is 1.60 bits per heavy atom. The van der Waals surface area contributed by atoms with Gasteiger partial charge in [0, 0.05) is 12.7 Å². The van der Waals surface area contributed by atoms with Gasteiger partial charge in [0.25, 0.3) is 0 Å². The number of Topliss-reactive ketones (excluding diaryl/α,β-unsaturated/α-hetero) is 1. The molecule has 6 nitrogen and oxygen atoms in total. The van der Waals surface area contributed by atoms with Crippen molar-refractivity contribution in [3.05, 3.63) is 23.3 Å². The maximum atomic E-state index is 11.9. The van der Waals surface area contributed by atoms with Gasteiger partial charge in [-0.1, -0.05) is 0 Å². The molecule has 0 aliphatic carbocycles. The van der Waals surface area contributed by atoms with E-state index in [1.165, 1.54) is 33.5 Å². The van der Waals surface area contributed by atoms with Gasteiger partial charge in [0.1, 0.15) is 23.7 Å². The van der Waals surface area contributed by atoms with Crippen LogP contribution in [0.15, 0.2) is 12.1 Å². The van der Waals surface area contributed by atoms with E-state index >= 15 is 0 Å². The van der Waals surface area contributed by atoms with Gasteiger partial charge >= 0.3 is 5.97 Å². The van der Waals surface area contributed by atoms with Crippen molar-refractivity contribution in [2.24, 2.45) is 0 Å². The highest BCUT2D eigenvalue weighted by molar-refractivity contribution is 6.02. The summed E-state index contributed by atoms with van der Waals surface area (Å²) in [6.45, 7) is 1.87. The molecule has 0 fully saturated rings. The van der Waals surface area contributed by atoms with Crippen molar-refractivity contribution >= 4 is 11.8 Å². The van der Waals surface area contributed by atoms with E-state index in [1.807, 2.05) is 0 Å². The Morgan fingerprint density at radius 3 is 2.00 bits per heavy atom. The minimum atomic E-state index is -0.563. The molecule has 110 valence electrons. The first-order valence-corrected chi connectivity index (χ1v) is 6.04. The molecule has 0 saturated carbocycles. The summed E-state index contributed by atoms with van der Waals surface area (Å²) < 4.78 is 20.1. The summed E-state index contributed by atoms with van der Waals surface area (Å²) in [6, 6.07) is 2.94. The van der Waals surface area contributed by atoms with Crippen molar-refractivity contribution in [3.8, 4) is 11.5 Å². The number of ketones is 1. The number of hydrogen-bond acceptors (Lipinski definition) is 6. The third kappa shape index (κ3) is 3.48. The van der Waals surface area contributed by atoms with Crippen LogP contribution >= 0.6 is 0 Å². The van der Waals surface area contributed by atoms with E-state index in [0.29, 0.717) is 5.56 Å². The van der Waals surface area contributed by atoms with Crippen LogP contribution in [-0.4, -0.2) is 46.3 Å². The van der Waals surface area contributed by atoms with Gasteiger partial charge in [-0.2, -0.15) is 0 Å². The molecule has 0 unspecified atom stereocenters. The van der Waals surface area contributed by atoms with Gasteiger partial charge in [0.2, 0.25) is 0 Å².